The molecule has 0 aliphatic carbocycles. The molecule has 0 aliphatic rings. The molecule has 1 unspecified atom stereocenters. The number of hydrogen-bond donors (Lipinski definition) is 1. The van der Waals surface area contributed by atoms with Gasteiger partial charge < -0.3 is 9.73 Å². The van der Waals surface area contributed by atoms with E-state index in [0.29, 0.717) is 10.9 Å². The number of halogens is 1. The quantitative estimate of drug-likeness (QED) is 0.752. The molecule has 0 bridgehead atoms. The number of nitrogens with one attached hydrogen (secondary N) is 1. The number of aryl methyl sites for hydroxylation is 1. The van der Waals surface area contributed by atoms with E-state index in [9.17, 15) is 4.79 Å². The first-order valence-electron chi connectivity index (χ1n) is 6.97. The summed E-state index contributed by atoms with van der Waals surface area (Å²) in [7, 11) is 0. The Hall–Kier alpha value is -2.14. The summed E-state index contributed by atoms with van der Waals surface area (Å²) < 4.78 is 6.32. The lowest BCUT2D eigenvalue weighted by atomic mass is 10.1. The minimum atomic E-state index is -0.367. The number of benzene rings is 2. The highest BCUT2D eigenvalue weighted by Gasteiger charge is 2.11. The lowest BCUT2D eigenvalue weighted by molar-refractivity contribution is 0.510. The van der Waals surface area contributed by atoms with Crippen molar-refractivity contribution in [3.8, 4) is 0 Å². The second-order valence-corrected chi connectivity index (χ2v) is 6.11. The van der Waals surface area contributed by atoms with Gasteiger partial charge in [-0.1, -0.05) is 40.2 Å². The Bertz CT molecular complexity index is 872. The van der Waals surface area contributed by atoms with Crippen LogP contribution in [0.2, 0.25) is 0 Å². The van der Waals surface area contributed by atoms with E-state index < -0.39 is 0 Å². The molecule has 0 saturated carbocycles. The maximum absolute atomic E-state index is 12.1. The average Bonchev–Trinajstić information content (AvgIpc) is 2.47. The highest BCUT2D eigenvalue weighted by atomic mass is 79.9. The number of rotatable bonds is 3. The van der Waals surface area contributed by atoms with E-state index >= 15 is 0 Å². The Morgan fingerprint density at radius 3 is 2.64 bits per heavy atom. The molecule has 0 aliphatic heterocycles. The Balaban J connectivity index is 1.94. The van der Waals surface area contributed by atoms with E-state index in [1.807, 2.05) is 56.3 Å². The van der Waals surface area contributed by atoms with Crippen LogP contribution in [0.4, 0.5) is 6.01 Å². The Morgan fingerprint density at radius 2 is 1.91 bits per heavy atom. The van der Waals surface area contributed by atoms with Gasteiger partial charge in [0.15, 0.2) is 0 Å². The van der Waals surface area contributed by atoms with Crippen molar-refractivity contribution in [3.63, 3.8) is 0 Å². The second kappa shape index (κ2) is 5.93. The van der Waals surface area contributed by atoms with Crippen molar-refractivity contribution in [1.29, 1.82) is 0 Å². The van der Waals surface area contributed by atoms with Gasteiger partial charge in [0.05, 0.1) is 16.9 Å². The van der Waals surface area contributed by atoms with Gasteiger partial charge in [0.25, 0.3) is 6.01 Å². The normalized spacial score (nSPS) is 12.3. The lowest BCUT2D eigenvalue weighted by Crippen LogP contribution is -2.12. The predicted octanol–water partition coefficient (Wildman–Crippen LogP) is 4.43. The third-order valence-corrected chi connectivity index (χ3v) is 4.10. The van der Waals surface area contributed by atoms with Gasteiger partial charge in [-0.25, -0.2) is 4.79 Å². The highest BCUT2D eigenvalue weighted by molar-refractivity contribution is 9.10. The van der Waals surface area contributed by atoms with Crippen LogP contribution in [0.15, 0.2) is 56.1 Å². The molecular formula is C17H15BrN2O2. The molecule has 1 N–H and O–H groups in total. The molecule has 3 aromatic rings. The van der Waals surface area contributed by atoms with E-state index in [1.165, 1.54) is 0 Å². The van der Waals surface area contributed by atoms with Crippen LogP contribution in [0.25, 0.3) is 10.9 Å². The van der Waals surface area contributed by atoms with Crippen molar-refractivity contribution < 1.29 is 4.42 Å². The van der Waals surface area contributed by atoms with E-state index in [4.69, 9.17) is 4.42 Å². The van der Waals surface area contributed by atoms with Crippen LogP contribution in [0.3, 0.4) is 0 Å². The summed E-state index contributed by atoms with van der Waals surface area (Å²) in [5.74, 6) is 0. The molecule has 0 amide bonds. The van der Waals surface area contributed by atoms with E-state index in [-0.39, 0.29) is 17.7 Å². The van der Waals surface area contributed by atoms with Crippen molar-refractivity contribution in [2.75, 3.05) is 5.32 Å². The fourth-order valence-corrected chi connectivity index (χ4v) is 2.63. The highest BCUT2D eigenvalue weighted by Crippen LogP contribution is 2.21. The van der Waals surface area contributed by atoms with Crippen molar-refractivity contribution >= 4 is 32.8 Å². The van der Waals surface area contributed by atoms with Gasteiger partial charge in [-0.15, -0.1) is 0 Å². The SMILES string of the molecule is Cc1cccc2nc(NC(C)c3ccc(Br)cc3)oc(=O)c12. The smallest absolute Gasteiger partial charge is 0.348 e. The maximum atomic E-state index is 12.1. The molecule has 22 heavy (non-hydrogen) atoms. The predicted molar refractivity (Wildman–Crippen MR) is 91.2 cm³/mol. The molecule has 3 rings (SSSR count). The number of nitrogens with zero attached hydrogens (tertiary/aromatic N) is 1. The Morgan fingerprint density at radius 1 is 1.18 bits per heavy atom. The summed E-state index contributed by atoms with van der Waals surface area (Å²) in [5, 5.41) is 3.67. The first-order valence-corrected chi connectivity index (χ1v) is 7.76. The molecule has 0 fully saturated rings. The molecule has 1 heterocycles. The topological polar surface area (TPSA) is 55.1 Å². The Labute approximate surface area is 136 Å². The Kier molecular flexibility index (Phi) is 3.98. The summed E-state index contributed by atoms with van der Waals surface area (Å²) in [6, 6.07) is 13.7. The van der Waals surface area contributed by atoms with E-state index in [2.05, 4.69) is 26.2 Å². The van der Waals surface area contributed by atoms with Crippen LogP contribution in [-0.4, -0.2) is 4.98 Å². The monoisotopic (exact) mass is 358 g/mol. The number of fused-ring (bicyclic) bond motifs is 1. The summed E-state index contributed by atoms with van der Waals surface area (Å²) in [4.78, 5) is 16.5. The van der Waals surface area contributed by atoms with Crippen molar-refractivity contribution in [1.82, 2.24) is 4.98 Å². The standard InChI is InChI=1S/C17H15BrN2O2/c1-10-4-3-5-14-15(10)16(21)22-17(20-14)19-11(2)12-6-8-13(18)9-7-12/h3-9,11H,1-2H3,(H,19,20). The largest absolute Gasteiger partial charge is 0.389 e. The van der Waals surface area contributed by atoms with Gasteiger partial charge in [-0.05, 0) is 43.2 Å². The van der Waals surface area contributed by atoms with Crippen LogP contribution in [0.1, 0.15) is 24.1 Å². The molecule has 0 radical (unpaired) electrons. The second-order valence-electron chi connectivity index (χ2n) is 5.19. The molecule has 1 aromatic heterocycles. The van der Waals surface area contributed by atoms with Crippen LogP contribution in [-0.2, 0) is 0 Å². The molecule has 0 saturated heterocycles. The third kappa shape index (κ3) is 2.90. The molecule has 5 heteroatoms. The molecule has 4 nitrogen and oxygen atoms in total. The van der Waals surface area contributed by atoms with E-state index in [0.717, 1.165) is 15.6 Å². The first-order chi connectivity index (χ1) is 10.5. The van der Waals surface area contributed by atoms with Gasteiger partial charge in [-0.3, -0.25) is 0 Å². The minimum absolute atomic E-state index is 0.0222. The fraction of sp³-hybridized carbons (Fsp3) is 0.176. The van der Waals surface area contributed by atoms with E-state index in [1.54, 1.807) is 0 Å². The summed E-state index contributed by atoms with van der Waals surface area (Å²) in [6.45, 7) is 3.86. The summed E-state index contributed by atoms with van der Waals surface area (Å²) in [6.07, 6.45) is 0. The summed E-state index contributed by atoms with van der Waals surface area (Å²) >= 11 is 3.41. The molecular weight excluding hydrogens is 344 g/mol. The van der Waals surface area contributed by atoms with Crippen molar-refractivity contribution in [2.45, 2.75) is 19.9 Å². The molecule has 112 valence electrons. The zero-order valence-corrected chi connectivity index (χ0v) is 13.8. The first kappa shape index (κ1) is 14.8. The third-order valence-electron chi connectivity index (χ3n) is 3.58. The molecule has 0 spiro atoms. The number of hydrogen-bond acceptors (Lipinski definition) is 4. The van der Waals surface area contributed by atoms with Crippen LogP contribution < -0.4 is 10.9 Å². The van der Waals surface area contributed by atoms with Gasteiger partial charge >= 0.3 is 5.63 Å². The van der Waals surface area contributed by atoms with Crippen molar-refractivity contribution in [3.05, 3.63) is 68.5 Å². The van der Waals surface area contributed by atoms with Gasteiger partial charge in [-0.2, -0.15) is 4.98 Å². The number of anilines is 1. The van der Waals surface area contributed by atoms with Crippen molar-refractivity contribution in [2.24, 2.45) is 0 Å². The maximum Gasteiger partial charge on any atom is 0.348 e. The zero-order valence-electron chi connectivity index (χ0n) is 12.3. The van der Waals surface area contributed by atoms with Crippen LogP contribution in [0, 0.1) is 6.92 Å². The fourth-order valence-electron chi connectivity index (χ4n) is 2.36. The van der Waals surface area contributed by atoms with Crippen LogP contribution in [0.5, 0.6) is 0 Å². The zero-order chi connectivity index (χ0) is 15.7. The minimum Gasteiger partial charge on any atom is -0.389 e. The average molecular weight is 359 g/mol. The number of aromatic nitrogens is 1. The summed E-state index contributed by atoms with van der Waals surface area (Å²) in [5.41, 5.74) is 2.22. The van der Waals surface area contributed by atoms with Gasteiger partial charge in [0, 0.05) is 4.47 Å². The van der Waals surface area contributed by atoms with Gasteiger partial charge in [0.2, 0.25) is 0 Å². The van der Waals surface area contributed by atoms with Gasteiger partial charge in [0.1, 0.15) is 0 Å². The molecule has 1 atom stereocenters. The lowest BCUT2D eigenvalue weighted by Gasteiger charge is -2.14. The molecule has 2 aromatic carbocycles. The van der Waals surface area contributed by atoms with Crippen LogP contribution >= 0.6 is 15.9 Å².